The Balaban J connectivity index is 3.46. The lowest BCUT2D eigenvalue weighted by molar-refractivity contribution is -0.142. The Labute approximate surface area is 134 Å². The van der Waals surface area contributed by atoms with E-state index in [-0.39, 0.29) is 18.9 Å². The first kappa shape index (κ1) is 20.9. The molecular formula is C17H33NO4. The van der Waals surface area contributed by atoms with Crippen LogP contribution in [0.25, 0.3) is 0 Å². The maximum absolute atomic E-state index is 11.6. The summed E-state index contributed by atoms with van der Waals surface area (Å²) in [5.41, 5.74) is 0. The van der Waals surface area contributed by atoms with Crippen LogP contribution in [-0.2, 0) is 9.59 Å². The third-order valence-corrected chi connectivity index (χ3v) is 3.81. The highest BCUT2D eigenvalue weighted by atomic mass is 16.4. The van der Waals surface area contributed by atoms with E-state index in [1.807, 2.05) is 0 Å². The number of aliphatic hydroxyl groups is 1. The summed E-state index contributed by atoms with van der Waals surface area (Å²) in [6.45, 7) is 1.98. The minimum atomic E-state index is -1.09. The first-order chi connectivity index (χ1) is 10.6. The van der Waals surface area contributed by atoms with Crippen molar-refractivity contribution in [3.8, 4) is 0 Å². The summed E-state index contributed by atoms with van der Waals surface area (Å²) in [6, 6.07) is -0.972. The van der Waals surface area contributed by atoms with Crippen molar-refractivity contribution in [2.45, 2.75) is 90.0 Å². The van der Waals surface area contributed by atoms with Crippen LogP contribution < -0.4 is 5.32 Å². The second-order valence-electron chi connectivity index (χ2n) is 5.90. The minimum absolute atomic E-state index is 0.0547. The molecule has 1 atom stereocenters. The summed E-state index contributed by atoms with van der Waals surface area (Å²) >= 11 is 0. The number of nitrogens with one attached hydrogen (secondary N) is 1. The van der Waals surface area contributed by atoms with E-state index in [1.54, 1.807) is 0 Å². The monoisotopic (exact) mass is 315 g/mol. The molecule has 5 heteroatoms. The average Bonchev–Trinajstić information content (AvgIpc) is 2.48. The molecule has 0 heterocycles. The molecule has 0 aromatic carbocycles. The van der Waals surface area contributed by atoms with E-state index >= 15 is 0 Å². The van der Waals surface area contributed by atoms with Gasteiger partial charge in [0.25, 0.3) is 0 Å². The van der Waals surface area contributed by atoms with E-state index < -0.39 is 12.0 Å². The number of unbranched alkanes of at least 4 members (excludes halogenated alkanes) is 9. The van der Waals surface area contributed by atoms with Gasteiger partial charge in [-0.15, -0.1) is 0 Å². The van der Waals surface area contributed by atoms with Gasteiger partial charge in [-0.25, -0.2) is 4.79 Å². The SMILES string of the molecule is CCCCCCCCCCCCC(=O)N[C@@H](CCO)C(=O)O. The van der Waals surface area contributed by atoms with Crippen molar-refractivity contribution in [2.24, 2.45) is 0 Å². The Morgan fingerprint density at radius 2 is 1.41 bits per heavy atom. The second-order valence-corrected chi connectivity index (χ2v) is 5.90. The fourth-order valence-corrected chi connectivity index (χ4v) is 2.43. The topological polar surface area (TPSA) is 86.6 Å². The van der Waals surface area contributed by atoms with Crippen LogP contribution in [-0.4, -0.2) is 34.7 Å². The summed E-state index contributed by atoms with van der Waals surface area (Å²) in [6.07, 6.45) is 12.5. The molecule has 22 heavy (non-hydrogen) atoms. The van der Waals surface area contributed by atoms with Gasteiger partial charge in [-0.2, -0.15) is 0 Å². The smallest absolute Gasteiger partial charge is 0.326 e. The van der Waals surface area contributed by atoms with Crippen LogP contribution >= 0.6 is 0 Å². The largest absolute Gasteiger partial charge is 0.480 e. The lowest BCUT2D eigenvalue weighted by Crippen LogP contribution is -2.41. The van der Waals surface area contributed by atoms with Gasteiger partial charge in [-0.3, -0.25) is 4.79 Å². The number of aliphatic hydroxyl groups excluding tert-OH is 1. The highest BCUT2D eigenvalue weighted by molar-refractivity contribution is 5.83. The third kappa shape index (κ3) is 12.6. The van der Waals surface area contributed by atoms with Crippen molar-refractivity contribution in [2.75, 3.05) is 6.61 Å². The van der Waals surface area contributed by atoms with Crippen LogP contribution in [0.5, 0.6) is 0 Å². The molecule has 0 saturated carbocycles. The zero-order valence-corrected chi connectivity index (χ0v) is 14.0. The molecule has 0 radical (unpaired) electrons. The van der Waals surface area contributed by atoms with Crippen molar-refractivity contribution in [3.63, 3.8) is 0 Å². The van der Waals surface area contributed by atoms with Crippen LogP contribution in [0.4, 0.5) is 0 Å². The molecule has 0 aromatic rings. The van der Waals surface area contributed by atoms with Gasteiger partial charge in [0.2, 0.25) is 5.91 Å². The van der Waals surface area contributed by atoms with Gasteiger partial charge in [0.05, 0.1) is 0 Å². The van der Waals surface area contributed by atoms with Crippen molar-refractivity contribution < 1.29 is 19.8 Å². The molecule has 5 nitrogen and oxygen atoms in total. The predicted molar refractivity (Wildman–Crippen MR) is 87.7 cm³/mol. The molecule has 130 valence electrons. The fourth-order valence-electron chi connectivity index (χ4n) is 2.43. The summed E-state index contributed by atoms with van der Waals surface area (Å²) in [5, 5.41) is 20.1. The number of carboxylic acid groups (broad SMARTS) is 1. The van der Waals surface area contributed by atoms with Gasteiger partial charge in [0.15, 0.2) is 0 Å². The lowest BCUT2D eigenvalue weighted by atomic mass is 10.1. The molecule has 0 spiro atoms. The normalized spacial score (nSPS) is 12.1. The lowest BCUT2D eigenvalue weighted by Gasteiger charge is -2.12. The zero-order chi connectivity index (χ0) is 16.6. The van der Waals surface area contributed by atoms with Crippen molar-refractivity contribution in [3.05, 3.63) is 0 Å². The summed E-state index contributed by atoms with van der Waals surface area (Å²) in [4.78, 5) is 22.5. The Kier molecular flexibility index (Phi) is 14.1. The van der Waals surface area contributed by atoms with Crippen molar-refractivity contribution in [1.29, 1.82) is 0 Å². The molecule has 0 aliphatic carbocycles. The Bertz CT molecular complexity index is 294. The van der Waals surface area contributed by atoms with Gasteiger partial charge in [0, 0.05) is 19.4 Å². The number of rotatable bonds is 15. The van der Waals surface area contributed by atoms with Crippen LogP contribution in [0.2, 0.25) is 0 Å². The molecule has 0 saturated heterocycles. The molecule has 0 rings (SSSR count). The van der Waals surface area contributed by atoms with Gasteiger partial charge < -0.3 is 15.5 Å². The molecule has 0 aliphatic heterocycles. The molecule has 3 N–H and O–H groups in total. The Morgan fingerprint density at radius 1 is 0.909 bits per heavy atom. The zero-order valence-electron chi connectivity index (χ0n) is 14.0. The average molecular weight is 315 g/mol. The van der Waals surface area contributed by atoms with Crippen LogP contribution in [0.3, 0.4) is 0 Å². The quantitative estimate of drug-likeness (QED) is 0.405. The maximum Gasteiger partial charge on any atom is 0.326 e. The van der Waals surface area contributed by atoms with Crippen LogP contribution in [0.1, 0.15) is 84.0 Å². The van der Waals surface area contributed by atoms with Gasteiger partial charge >= 0.3 is 5.97 Å². The molecule has 0 unspecified atom stereocenters. The molecule has 0 bridgehead atoms. The first-order valence-corrected chi connectivity index (χ1v) is 8.74. The standard InChI is InChI=1S/C17H33NO4/c1-2-3-4-5-6-7-8-9-10-11-12-16(20)18-15(13-14-19)17(21)22/h15,19H,2-14H2,1H3,(H,18,20)(H,21,22)/t15-/m0/s1. The minimum Gasteiger partial charge on any atom is -0.480 e. The van der Waals surface area contributed by atoms with Gasteiger partial charge in [0.1, 0.15) is 6.04 Å². The van der Waals surface area contributed by atoms with E-state index in [4.69, 9.17) is 10.2 Å². The summed E-state index contributed by atoms with van der Waals surface area (Å²) < 4.78 is 0. The van der Waals surface area contributed by atoms with Gasteiger partial charge in [-0.05, 0) is 6.42 Å². The summed E-state index contributed by atoms with van der Waals surface area (Å²) in [5.74, 6) is -1.33. The van der Waals surface area contributed by atoms with Gasteiger partial charge in [-0.1, -0.05) is 64.7 Å². The van der Waals surface area contributed by atoms with Crippen LogP contribution in [0.15, 0.2) is 0 Å². The second kappa shape index (κ2) is 14.8. The number of aliphatic carboxylic acids is 1. The highest BCUT2D eigenvalue weighted by Crippen LogP contribution is 2.11. The van der Waals surface area contributed by atoms with E-state index in [0.717, 1.165) is 19.3 Å². The first-order valence-electron chi connectivity index (χ1n) is 8.74. The summed E-state index contributed by atoms with van der Waals surface area (Å²) in [7, 11) is 0. The fraction of sp³-hybridized carbons (Fsp3) is 0.882. The number of carboxylic acids is 1. The van der Waals surface area contributed by atoms with E-state index in [0.29, 0.717) is 6.42 Å². The number of hydrogen-bond acceptors (Lipinski definition) is 3. The number of carbonyl (C=O) groups is 2. The molecule has 1 amide bonds. The maximum atomic E-state index is 11.6. The molecular weight excluding hydrogens is 282 g/mol. The van der Waals surface area contributed by atoms with Crippen LogP contribution in [0, 0.1) is 0 Å². The Hall–Kier alpha value is -1.10. The van der Waals surface area contributed by atoms with E-state index in [2.05, 4.69) is 12.2 Å². The van der Waals surface area contributed by atoms with E-state index in [1.165, 1.54) is 44.9 Å². The number of carbonyl (C=O) groups excluding carboxylic acids is 1. The molecule has 0 aliphatic rings. The molecule has 0 aromatic heterocycles. The van der Waals surface area contributed by atoms with Crippen molar-refractivity contribution >= 4 is 11.9 Å². The predicted octanol–water partition coefficient (Wildman–Crippen LogP) is 3.25. The molecule has 0 fully saturated rings. The van der Waals surface area contributed by atoms with Crippen molar-refractivity contribution in [1.82, 2.24) is 5.32 Å². The highest BCUT2D eigenvalue weighted by Gasteiger charge is 2.18. The number of hydrogen-bond donors (Lipinski definition) is 3. The number of amides is 1. The third-order valence-electron chi connectivity index (χ3n) is 3.81. The van der Waals surface area contributed by atoms with E-state index in [9.17, 15) is 9.59 Å². The Morgan fingerprint density at radius 3 is 1.86 bits per heavy atom.